The Labute approximate surface area is 203 Å². The lowest BCUT2D eigenvalue weighted by Gasteiger charge is -2.27. The molecule has 0 saturated heterocycles. The van der Waals surface area contributed by atoms with Crippen LogP contribution in [0.25, 0.3) is 0 Å². The van der Waals surface area contributed by atoms with E-state index >= 15 is 0 Å². The fourth-order valence-corrected chi connectivity index (χ4v) is 4.96. The summed E-state index contributed by atoms with van der Waals surface area (Å²) in [6.45, 7) is 0. The van der Waals surface area contributed by atoms with Gasteiger partial charge in [-0.15, -0.1) is 0 Å². The van der Waals surface area contributed by atoms with Gasteiger partial charge in [0.15, 0.2) is 0 Å². The van der Waals surface area contributed by atoms with Gasteiger partial charge in [0.2, 0.25) is 5.88 Å². The third-order valence-corrected chi connectivity index (χ3v) is 7.18. The van der Waals surface area contributed by atoms with Crippen LogP contribution in [0.4, 0.5) is 4.39 Å². The number of fused-ring (bicyclic) bond motifs is 1. The molecule has 1 unspecified atom stereocenters. The summed E-state index contributed by atoms with van der Waals surface area (Å²) in [4.78, 5) is -0.210. The molecule has 0 saturated carbocycles. The summed E-state index contributed by atoms with van der Waals surface area (Å²) in [6, 6.07) is 13.9. The van der Waals surface area contributed by atoms with Crippen molar-refractivity contribution in [2.45, 2.75) is 10.8 Å². The second-order valence-corrected chi connectivity index (χ2v) is 9.64. The van der Waals surface area contributed by atoms with Gasteiger partial charge in [-0.2, -0.15) is 13.7 Å². The van der Waals surface area contributed by atoms with Gasteiger partial charge in [-0.25, -0.2) is 4.39 Å². The monoisotopic (exact) mass is 524 g/mol. The van der Waals surface area contributed by atoms with E-state index in [2.05, 4.69) is 0 Å². The van der Waals surface area contributed by atoms with Crippen LogP contribution >= 0.6 is 34.8 Å². The second kappa shape index (κ2) is 8.76. The normalized spacial score (nSPS) is 15.4. The average molecular weight is 526 g/mol. The summed E-state index contributed by atoms with van der Waals surface area (Å²) in [5, 5.41) is 9.94. The van der Waals surface area contributed by atoms with Crippen molar-refractivity contribution in [1.82, 2.24) is 0 Å². The number of allylic oxidation sites excluding steroid dienone is 1. The summed E-state index contributed by atoms with van der Waals surface area (Å²) in [6.07, 6.45) is 0. The van der Waals surface area contributed by atoms with Gasteiger partial charge in [-0.3, -0.25) is 0 Å². The molecule has 1 heterocycles. The van der Waals surface area contributed by atoms with Crippen molar-refractivity contribution in [2.75, 3.05) is 0 Å². The molecule has 0 aliphatic carbocycles. The van der Waals surface area contributed by atoms with E-state index in [9.17, 15) is 18.1 Å². The minimum absolute atomic E-state index is 0.0356. The first-order valence-corrected chi connectivity index (χ1v) is 11.7. The number of nitrogens with two attached hydrogens (primary N) is 1. The zero-order valence-electron chi connectivity index (χ0n) is 16.4. The predicted molar refractivity (Wildman–Crippen MR) is 121 cm³/mol. The Kier molecular flexibility index (Phi) is 6.16. The molecule has 0 amide bonds. The van der Waals surface area contributed by atoms with E-state index in [0.29, 0.717) is 5.56 Å². The second-order valence-electron chi connectivity index (χ2n) is 6.87. The molecule has 1 aliphatic rings. The van der Waals surface area contributed by atoms with Crippen molar-refractivity contribution < 1.29 is 21.7 Å². The Bertz CT molecular complexity index is 1450. The maximum atomic E-state index is 14.7. The van der Waals surface area contributed by atoms with E-state index < -0.39 is 21.9 Å². The summed E-state index contributed by atoms with van der Waals surface area (Å²) >= 11 is 18.0. The molecule has 0 radical (unpaired) electrons. The number of hydrogen-bond donors (Lipinski definition) is 1. The van der Waals surface area contributed by atoms with Crippen molar-refractivity contribution in [3.8, 4) is 17.6 Å². The van der Waals surface area contributed by atoms with Crippen LogP contribution in [0.5, 0.6) is 11.5 Å². The zero-order chi connectivity index (χ0) is 23.9. The van der Waals surface area contributed by atoms with Gasteiger partial charge in [0.05, 0.1) is 16.0 Å². The van der Waals surface area contributed by atoms with Gasteiger partial charge in [0, 0.05) is 22.2 Å². The lowest BCUT2D eigenvalue weighted by Crippen LogP contribution is -2.22. The van der Waals surface area contributed by atoms with Crippen molar-refractivity contribution in [1.29, 1.82) is 5.26 Å². The maximum Gasteiger partial charge on any atom is 0.339 e. The van der Waals surface area contributed by atoms with Crippen LogP contribution in [0.15, 0.2) is 70.9 Å². The molecule has 4 rings (SSSR count). The minimum atomic E-state index is -4.26. The topological polar surface area (TPSA) is 102 Å². The molecule has 33 heavy (non-hydrogen) atoms. The molecule has 2 N–H and O–H groups in total. The highest BCUT2D eigenvalue weighted by molar-refractivity contribution is 7.87. The van der Waals surface area contributed by atoms with E-state index in [1.165, 1.54) is 48.5 Å². The third-order valence-electron chi connectivity index (χ3n) is 4.86. The first-order valence-electron chi connectivity index (χ1n) is 9.17. The number of hydrogen-bond acceptors (Lipinski definition) is 6. The fraction of sp³-hybridized carbons (Fsp3) is 0.0455. The fourth-order valence-electron chi connectivity index (χ4n) is 3.38. The van der Waals surface area contributed by atoms with E-state index in [4.69, 9.17) is 49.5 Å². The molecular formula is C22H12Cl3FN2O4S. The van der Waals surface area contributed by atoms with E-state index in [1.807, 2.05) is 6.07 Å². The van der Waals surface area contributed by atoms with Gasteiger partial charge in [-0.05, 0) is 36.4 Å². The number of rotatable bonds is 4. The number of ether oxygens (including phenoxy) is 1. The van der Waals surface area contributed by atoms with E-state index in [-0.39, 0.29) is 48.5 Å². The van der Waals surface area contributed by atoms with Crippen molar-refractivity contribution >= 4 is 44.9 Å². The van der Waals surface area contributed by atoms with Crippen molar-refractivity contribution in [2.24, 2.45) is 5.73 Å². The smallest absolute Gasteiger partial charge is 0.339 e. The third kappa shape index (κ3) is 4.33. The standard InChI is InChI=1S/C22H12Cl3FN2O4S/c23-15-7-5-12(9-17(15)25)33(29,30)32-11-4-6-13-19(8-11)31-22(28)14(10-27)20(13)21-16(24)2-1-3-18(21)26/h1-9,20H,28H2. The highest BCUT2D eigenvalue weighted by Crippen LogP contribution is 2.46. The minimum Gasteiger partial charge on any atom is -0.440 e. The number of halogens is 4. The van der Waals surface area contributed by atoms with E-state index in [0.717, 1.165) is 6.07 Å². The van der Waals surface area contributed by atoms with Crippen LogP contribution in [0.3, 0.4) is 0 Å². The summed E-state index contributed by atoms with van der Waals surface area (Å²) < 4.78 is 50.7. The largest absolute Gasteiger partial charge is 0.440 e. The molecule has 3 aromatic carbocycles. The average Bonchev–Trinajstić information content (AvgIpc) is 2.75. The Morgan fingerprint density at radius 2 is 1.79 bits per heavy atom. The molecule has 168 valence electrons. The molecule has 6 nitrogen and oxygen atoms in total. The Morgan fingerprint density at radius 1 is 1.03 bits per heavy atom. The highest BCUT2D eigenvalue weighted by atomic mass is 35.5. The van der Waals surface area contributed by atoms with Crippen LogP contribution in [-0.4, -0.2) is 8.42 Å². The van der Waals surface area contributed by atoms with Gasteiger partial charge in [0.1, 0.15) is 33.9 Å². The van der Waals surface area contributed by atoms with Gasteiger partial charge in [-0.1, -0.05) is 46.9 Å². The molecule has 3 aromatic rings. The number of nitrogens with zero attached hydrogens (tertiary/aromatic N) is 1. The van der Waals surface area contributed by atoms with Crippen LogP contribution in [-0.2, 0) is 10.1 Å². The first-order chi connectivity index (χ1) is 15.6. The van der Waals surface area contributed by atoms with Gasteiger partial charge >= 0.3 is 10.1 Å². The van der Waals surface area contributed by atoms with Gasteiger partial charge in [0.25, 0.3) is 0 Å². The lowest BCUT2D eigenvalue weighted by molar-refractivity contribution is 0.390. The zero-order valence-corrected chi connectivity index (χ0v) is 19.4. The molecule has 1 aliphatic heterocycles. The predicted octanol–water partition coefficient (Wildman–Crippen LogP) is 5.77. The Hall–Kier alpha value is -2.96. The maximum absolute atomic E-state index is 14.7. The van der Waals surface area contributed by atoms with E-state index in [1.54, 1.807) is 0 Å². The van der Waals surface area contributed by atoms with Crippen LogP contribution in [0.2, 0.25) is 15.1 Å². The molecule has 0 bridgehead atoms. The molecule has 0 aromatic heterocycles. The Morgan fingerprint density at radius 3 is 2.45 bits per heavy atom. The summed E-state index contributed by atoms with van der Waals surface area (Å²) in [5.41, 5.74) is 6.27. The quantitative estimate of drug-likeness (QED) is 0.434. The SMILES string of the molecule is N#CC1=C(N)Oc2cc(OS(=O)(=O)c3ccc(Cl)c(Cl)c3)ccc2C1c1c(F)cccc1Cl. The number of nitriles is 1. The first kappa shape index (κ1) is 23.2. The van der Waals surface area contributed by atoms with Crippen molar-refractivity contribution in [3.63, 3.8) is 0 Å². The molecular weight excluding hydrogens is 514 g/mol. The lowest BCUT2D eigenvalue weighted by atomic mass is 9.83. The van der Waals surface area contributed by atoms with Crippen molar-refractivity contribution in [3.05, 3.63) is 98.1 Å². The number of benzene rings is 3. The van der Waals surface area contributed by atoms with Crippen LogP contribution in [0, 0.1) is 17.1 Å². The molecule has 11 heteroatoms. The summed E-state index contributed by atoms with van der Waals surface area (Å²) in [5.74, 6) is -1.89. The van der Waals surface area contributed by atoms with Gasteiger partial charge < -0.3 is 14.7 Å². The molecule has 0 spiro atoms. The van der Waals surface area contributed by atoms with Crippen LogP contribution < -0.4 is 14.7 Å². The summed E-state index contributed by atoms with van der Waals surface area (Å²) in [7, 11) is -4.26. The Balaban J connectivity index is 1.77. The molecule has 0 fully saturated rings. The highest BCUT2D eigenvalue weighted by Gasteiger charge is 2.34. The van der Waals surface area contributed by atoms with Crippen LogP contribution in [0.1, 0.15) is 17.0 Å². The molecule has 1 atom stereocenters.